The molecule has 0 spiro atoms. The second kappa shape index (κ2) is 3.21. The first-order valence-corrected chi connectivity index (χ1v) is 6.11. The number of halogens is 1. The first-order valence-electron chi connectivity index (χ1n) is 4.58. The highest BCUT2D eigenvalue weighted by Crippen LogP contribution is 2.40. The number of rotatable bonds is 3. The van der Waals surface area contributed by atoms with E-state index in [9.17, 15) is 0 Å². The van der Waals surface area contributed by atoms with Gasteiger partial charge in [-0.15, -0.1) is 0 Å². The predicted molar refractivity (Wildman–Crippen MR) is 54.2 cm³/mol. The highest BCUT2D eigenvalue weighted by Gasteiger charge is 2.39. The Kier molecular flexibility index (Phi) is 2.42. The lowest BCUT2D eigenvalue weighted by atomic mass is 10.1. The molecular formula is C9H15IO. The molecule has 0 amide bonds. The summed E-state index contributed by atoms with van der Waals surface area (Å²) in [6.45, 7) is 0. The van der Waals surface area contributed by atoms with Gasteiger partial charge in [-0.05, 0) is 25.7 Å². The summed E-state index contributed by atoms with van der Waals surface area (Å²) < 4.78 is 7.25. The molecule has 0 aromatic rings. The molecule has 1 nitrogen and oxygen atoms in total. The summed E-state index contributed by atoms with van der Waals surface area (Å²) in [4.78, 5) is 0. The molecule has 2 rings (SSSR count). The lowest BCUT2D eigenvalue weighted by Gasteiger charge is -2.26. The molecule has 0 radical (unpaired) electrons. The summed E-state index contributed by atoms with van der Waals surface area (Å²) in [6.07, 6.45) is 8.67. The van der Waals surface area contributed by atoms with E-state index in [1.807, 2.05) is 0 Å². The molecule has 64 valence electrons. The zero-order valence-electron chi connectivity index (χ0n) is 6.81. The fraction of sp³-hybridized carbons (Fsp3) is 1.00. The smallest absolute Gasteiger partial charge is 0.0775 e. The van der Waals surface area contributed by atoms with Crippen LogP contribution in [0.2, 0.25) is 0 Å². The SMILES string of the molecule is ICC1(OC2CC2)CCCC1. The molecule has 0 bridgehead atoms. The van der Waals surface area contributed by atoms with Gasteiger partial charge in [0, 0.05) is 4.43 Å². The molecule has 2 aliphatic rings. The Morgan fingerprint density at radius 3 is 2.36 bits per heavy atom. The Morgan fingerprint density at radius 1 is 1.27 bits per heavy atom. The van der Waals surface area contributed by atoms with Crippen LogP contribution in [0.25, 0.3) is 0 Å². The van der Waals surface area contributed by atoms with Gasteiger partial charge in [0.15, 0.2) is 0 Å². The summed E-state index contributed by atoms with van der Waals surface area (Å²) in [5.41, 5.74) is 0.307. The fourth-order valence-electron chi connectivity index (χ4n) is 1.84. The average Bonchev–Trinajstić information content (AvgIpc) is 2.68. The molecule has 2 fully saturated rings. The van der Waals surface area contributed by atoms with Crippen molar-refractivity contribution in [2.75, 3.05) is 4.43 Å². The zero-order valence-corrected chi connectivity index (χ0v) is 8.97. The van der Waals surface area contributed by atoms with Crippen molar-refractivity contribution < 1.29 is 4.74 Å². The van der Waals surface area contributed by atoms with Crippen LogP contribution in [0.15, 0.2) is 0 Å². The highest BCUT2D eigenvalue weighted by molar-refractivity contribution is 14.1. The maximum Gasteiger partial charge on any atom is 0.0775 e. The van der Waals surface area contributed by atoms with Gasteiger partial charge < -0.3 is 4.74 Å². The van der Waals surface area contributed by atoms with Gasteiger partial charge in [-0.25, -0.2) is 0 Å². The van der Waals surface area contributed by atoms with Crippen molar-refractivity contribution in [3.63, 3.8) is 0 Å². The van der Waals surface area contributed by atoms with Crippen molar-refractivity contribution in [2.24, 2.45) is 0 Å². The van der Waals surface area contributed by atoms with E-state index in [1.165, 1.54) is 43.0 Å². The van der Waals surface area contributed by atoms with Crippen LogP contribution in [0, 0.1) is 0 Å². The van der Waals surface area contributed by atoms with Gasteiger partial charge in [0.1, 0.15) is 0 Å². The molecule has 0 heterocycles. The molecule has 2 aliphatic carbocycles. The lowest BCUT2D eigenvalue weighted by molar-refractivity contribution is -0.0318. The molecule has 0 N–H and O–H groups in total. The number of alkyl halides is 1. The maximum atomic E-state index is 6.05. The van der Waals surface area contributed by atoms with E-state index < -0.39 is 0 Å². The highest BCUT2D eigenvalue weighted by atomic mass is 127. The lowest BCUT2D eigenvalue weighted by Crippen LogP contribution is -2.31. The molecule has 0 aromatic carbocycles. The fourth-order valence-corrected chi connectivity index (χ4v) is 2.78. The minimum Gasteiger partial charge on any atom is -0.371 e. The molecule has 2 heteroatoms. The van der Waals surface area contributed by atoms with Gasteiger partial charge in [-0.1, -0.05) is 35.4 Å². The molecular weight excluding hydrogens is 251 g/mol. The summed E-state index contributed by atoms with van der Waals surface area (Å²) in [5.74, 6) is 0. The third-order valence-corrected chi connectivity index (χ3v) is 4.09. The molecule has 0 aliphatic heterocycles. The maximum absolute atomic E-state index is 6.05. The van der Waals surface area contributed by atoms with E-state index in [0.717, 1.165) is 0 Å². The van der Waals surface area contributed by atoms with E-state index in [0.29, 0.717) is 11.7 Å². The second-order valence-electron chi connectivity index (χ2n) is 3.84. The molecule has 0 atom stereocenters. The van der Waals surface area contributed by atoms with Crippen LogP contribution in [0.5, 0.6) is 0 Å². The van der Waals surface area contributed by atoms with Crippen molar-refractivity contribution in [2.45, 2.75) is 50.2 Å². The largest absolute Gasteiger partial charge is 0.371 e. The van der Waals surface area contributed by atoms with Crippen molar-refractivity contribution >= 4 is 22.6 Å². The van der Waals surface area contributed by atoms with Crippen molar-refractivity contribution in [1.29, 1.82) is 0 Å². The van der Waals surface area contributed by atoms with Gasteiger partial charge in [0.2, 0.25) is 0 Å². The van der Waals surface area contributed by atoms with Gasteiger partial charge >= 0.3 is 0 Å². The van der Waals surface area contributed by atoms with Crippen LogP contribution >= 0.6 is 22.6 Å². The molecule has 0 unspecified atom stereocenters. The first-order chi connectivity index (χ1) is 5.35. The Hall–Kier alpha value is 0.690. The van der Waals surface area contributed by atoms with Crippen LogP contribution in [-0.2, 0) is 4.74 Å². The van der Waals surface area contributed by atoms with Crippen molar-refractivity contribution in [3.05, 3.63) is 0 Å². The number of hydrogen-bond donors (Lipinski definition) is 0. The van der Waals surface area contributed by atoms with Gasteiger partial charge in [-0.3, -0.25) is 0 Å². The quantitative estimate of drug-likeness (QED) is 0.563. The third kappa shape index (κ3) is 1.89. The number of hydrogen-bond acceptors (Lipinski definition) is 1. The molecule has 2 saturated carbocycles. The summed E-state index contributed by atoms with van der Waals surface area (Å²) >= 11 is 2.48. The van der Waals surface area contributed by atoms with E-state index in [-0.39, 0.29) is 0 Å². The van der Waals surface area contributed by atoms with Crippen molar-refractivity contribution in [1.82, 2.24) is 0 Å². The molecule has 0 aromatic heterocycles. The van der Waals surface area contributed by atoms with Crippen LogP contribution in [0.4, 0.5) is 0 Å². The van der Waals surface area contributed by atoms with E-state index in [1.54, 1.807) is 0 Å². The molecule has 11 heavy (non-hydrogen) atoms. The second-order valence-corrected chi connectivity index (χ2v) is 4.60. The van der Waals surface area contributed by atoms with Crippen LogP contribution in [0.1, 0.15) is 38.5 Å². The zero-order chi connectivity index (χ0) is 7.73. The average molecular weight is 266 g/mol. The topological polar surface area (TPSA) is 9.23 Å². The minimum absolute atomic E-state index is 0.307. The van der Waals surface area contributed by atoms with Gasteiger partial charge in [0.05, 0.1) is 11.7 Å². The van der Waals surface area contributed by atoms with Gasteiger partial charge in [0.25, 0.3) is 0 Å². The number of ether oxygens (including phenoxy) is 1. The Morgan fingerprint density at radius 2 is 1.91 bits per heavy atom. The third-order valence-electron chi connectivity index (χ3n) is 2.70. The van der Waals surface area contributed by atoms with E-state index in [4.69, 9.17) is 4.74 Å². The summed E-state index contributed by atoms with van der Waals surface area (Å²) in [7, 11) is 0. The van der Waals surface area contributed by atoms with Crippen LogP contribution < -0.4 is 0 Å². The standard InChI is InChI=1S/C9H15IO/c10-7-9(5-1-2-6-9)11-8-3-4-8/h8H,1-7H2. The monoisotopic (exact) mass is 266 g/mol. The van der Waals surface area contributed by atoms with Gasteiger partial charge in [-0.2, -0.15) is 0 Å². The summed E-state index contributed by atoms with van der Waals surface area (Å²) in [5, 5.41) is 0. The molecule has 0 saturated heterocycles. The minimum atomic E-state index is 0.307. The van der Waals surface area contributed by atoms with Crippen LogP contribution in [-0.4, -0.2) is 16.1 Å². The Balaban J connectivity index is 1.91. The predicted octanol–water partition coefficient (Wildman–Crippen LogP) is 2.91. The van der Waals surface area contributed by atoms with Crippen LogP contribution in [0.3, 0.4) is 0 Å². The normalized spacial score (nSPS) is 29.2. The first kappa shape index (κ1) is 8.30. The van der Waals surface area contributed by atoms with E-state index in [2.05, 4.69) is 22.6 Å². The van der Waals surface area contributed by atoms with Crippen molar-refractivity contribution in [3.8, 4) is 0 Å². The Labute approximate surface area is 82.0 Å². The summed E-state index contributed by atoms with van der Waals surface area (Å²) in [6, 6.07) is 0. The Bertz CT molecular complexity index is 136. The van der Waals surface area contributed by atoms with E-state index >= 15 is 0 Å².